The first-order chi connectivity index (χ1) is 8.49. The Morgan fingerprint density at radius 3 is 2.61 bits per heavy atom. The summed E-state index contributed by atoms with van der Waals surface area (Å²) in [4.78, 5) is 11.1. The van der Waals surface area contributed by atoms with E-state index >= 15 is 0 Å². The fourth-order valence-corrected chi connectivity index (χ4v) is 1.97. The third kappa shape index (κ3) is 2.36. The van der Waals surface area contributed by atoms with E-state index in [1.807, 2.05) is 0 Å². The number of rotatable bonds is 2. The summed E-state index contributed by atoms with van der Waals surface area (Å²) in [6, 6.07) is 8.91. The smallest absolute Gasteiger partial charge is 0.335 e. The minimum atomic E-state index is -1.01. The molecule has 0 aromatic heterocycles. The minimum Gasteiger partial charge on any atom is -0.478 e. The van der Waals surface area contributed by atoms with Crippen molar-refractivity contribution in [3.8, 4) is 11.1 Å². The van der Waals surface area contributed by atoms with Crippen molar-refractivity contribution in [2.24, 2.45) is 0 Å². The number of halogens is 2. The Morgan fingerprint density at radius 1 is 1.22 bits per heavy atom. The van der Waals surface area contributed by atoms with Crippen LogP contribution in [0, 0.1) is 12.7 Å². The maximum atomic E-state index is 13.2. The average molecular weight is 265 g/mol. The predicted octanol–water partition coefficient (Wildman–Crippen LogP) is 4.15. The average Bonchev–Trinajstić information content (AvgIpc) is 2.33. The van der Waals surface area contributed by atoms with E-state index in [0.29, 0.717) is 21.7 Å². The molecule has 0 radical (unpaired) electrons. The molecule has 4 heteroatoms. The molecule has 2 aromatic carbocycles. The Balaban J connectivity index is 2.61. The topological polar surface area (TPSA) is 37.3 Å². The van der Waals surface area contributed by atoms with Crippen molar-refractivity contribution in [3.05, 3.63) is 58.4 Å². The van der Waals surface area contributed by atoms with Gasteiger partial charge in [-0.05, 0) is 42.3 Å². The number of aryl methyl sites for hydroxylation is 1. The van der Waals surface area contributed by atoms with E-state index in [2.05, 4.69) is 0 Å². The van der Waals surface area contributed by atoms with Gasteiger partial charge in [-0.1, -0.05) is 23.7 Å². The van der Waals surface area contributed by atoms with Gasteiger partial charge in [-0.15, -0.1) is 0 Å². The molecule has 0 bridgehead atoms. The molecular weight excluding hydrogens is 255 g/mol. The molecule has 0 saturated heterocycles. The standard InChI is InChI=1S/C14H10ClFO2/c1-8-2-3-9(6-11(8)14(17)18)12-7-10(16)4-5-13(12)15/h2-7H,1H3,(H,17,18). The number of hydrogen-bond acceptors (Lipinski definition) is 1. The minimum absolute atomic E-state index is 0.188. The lowest BCUT2D eigenvalue weighted by Gasteiger charge is -2.07. The number of benzene rings is 2. The normalized spacial score (nSPS) is 10.4. The summed E-state index contributed by atoms with van der Waals surface area (Å²) in [6.07, 6.45) is 0. The number of carboxylic acid groups (broad SMARTS) is 1. The number of carboxylic acids is 1. The summed E-state index contributed by atoms with van der Waals surface area (Å²) in [5, 5.41) is 9.44. The van der Waals surface area contributed by atoms with Crippen molar-refractivity contribution >= 4 is 17.6 Å². The van der Waals surface area contributed by atoms with E-state index < -0.39 is 11.8 Å². The number of carbonyl (C=O) groups is 1. The lowest BCUT2D eigenvalue weighted by Crippen LogP contribution is -1.99. The van der Waals surface area contributed by atoms with Crippen LogP contribution in [0.25, 0.3) is 11.1 Å². The van der Waals surface area contributed by atoms with Crippen LogP contribution in [0.2, 0.25) is 5.02 Å². The molecule has 1 N–H and O–H groups in total. The first-order valence-corrected chi connectivity index (χ1v) is 5.66. The van der Waals surface area contributed by atoms with Crippen LogP contribution in [-0.2, 0) is 0 Å². The highest BCUT2D eigenvalue weighted by Crippen LogP contribution is 2.30. The molecule has 2 rings (SSSR count). The molecule has 92 valence electrons. The fraction of sp³-hybridized carbons (Fsp3) is 0.0714. The number of hydrogen-bond donors (Lipinski definition) is 1. The Morgan fingerprint density at radius 2 is 1.94 bits per heavy atom. The fourth-order valence-electron chi connectivity index (χ4n) is 1.74. The van der Waals surface area contributed by atoms with Gasteiger partial charge in [0.05, 0.1) is 5.56 Å². The highest BCUT2D eigenvalue weighted by atomic mass is 35.5. The van der Waals surface area contributed by atoms with Crippen molar-refractivity contribution in [3.63, 3.8) is 0 Å². The summed E-state index contributed by atoms with van der Waals surface area (Å²) in [5.74, 6) is -1.42. The molecule has 2 nitrogen and oxygen atoms in total. The van der Waals surface area contributed by atoms with Gasteiger partial charge in [-0.25, -0.2) is 9.18 Å². The quantitative estimate of drug-likeness (QED) is 0.885. The second-order valence-corrected chi connectivity index (χ2v) is 4.37. The molecule has 0 heterocycles. The maximum absolute atomic E-state index is 13.2. The van der Waals surface area contributed by atoms with Crippen LogP contribution < -0.4 is 0 Å². The molecule has 18 heavy (non-hydrogen) atoms. The Labute approximate surface area is 109 Å². The van der Waals surface area contributed by atoms with Crippen molar-refractivity contribution in [2.45, 2.75) is 6.92 Å². The van der Waals surface area contributed by atoms with Crippen molar-refractivity contribution in [2.75, 3.05) is 0 Å². The molecule has 0 amide bonds. The van der Waals surface area contributed by atoms with E-state index in [1.54, 1.807) is 19.1 Å². The van der Waals surface area contributed by atoms with Gasteiger partial charge in [0, 0.05) is 10.6 Å². The zero-order valence-corrected chi connectivity index (χ0v) is 10.3. The maximum Gasteiger partial charge on any atom is 0.335 e. The van der Waals surface area contributed by atoms with Crippen LogP contribution in [0.15, 0.2) is 36.4 Å². The zero-order valence-electron chi connectivity index (χ0n) is 9.58. The van der Waals surface area contributed by atoms with Gasteiger partial charge in [0.1, 0.15) is 5.82 Å². The first kappa shape index (κ1) is 12.6. The van der Waals surface area contributed by atoms with E-state index in [4.69, 9.17) is 16.7 Å². The molecule has 0 aliphatic rings. The highest BCUT2D eigenvalue weighted by Gasteiger charge is 2.11. The number of aromatic carboxylic acids is 1. The monoisotopic (exact) mass is 264 g/mol. The molecule has 0 aliphatic carbocycles. The Bertz CT molecular complexity index is 623. The van der Waals surface area contributed by atoms with Gasteiger partial charge in [0.2, 0.25) is 0 Å². The molecule has 0 fully saturated rings. The molecule has 0 spiro atoms. The lowest BCUT2D eigenvalue weighted by atomic mass is 9.99. The van der Waals surface area contributed by atoms with Crippen LogP contribution in [-0.4, -0.2) is 11.1 Å². The van der Waals surface area contributed by atoms with Crippen LogP contribution in [0.3, 0.4) is 0 Å². The summed E-state index contributed by atoms with van der Waals surface area (Å²) in [5.41, 5.74) is 1.91. The summed E-state index contributed by atoms with van der Waals surface area (Å²) < 4.78 is 13.2. The summed E-state index contributed by atoms with van der Waals surface area (Å²) >= 11 is 5.99. The van der Waals surface area contributed by atoms with Crippen molar-refractivity contribution < 1.29 is 14.3 Å². The summed E-state index contributed by atoms with van der Waals surface area (Å²) in [6.45, 7) is 1.71. The second-order valence-electron chi connectivity index (χ2n) is 3.96. The molecule has 0 atom stereocenters. The molecule has 0 aliphatic heterocycles. The van der Waals surface area contributed by atoms with Gasteiger partial charge >= 0.3 is 5.97 Å². The highest BCUT2D eigenvalue weighted by molar-refractivity contribution is 6.33. The second kappa shape index (κ2) is 4.78. The first-order valence-electron chi connectivity index (χ1n) is 5.28. The van der Waals surface area contributed by atoms with Crippen molar-refractivity contribution in [1.29, 1.82) is 0 Å². The molecule has 0 saturated carbocycles. The van der Waals surface area contributed by atoms with Gasteiger partial charge in [0.15, 0.2) is 0 Å². The Hall–Kier alpha value is -1.87. The predicted molar refractivity (Wildman–Crippen MR) is 68.5 cm³/mol. The summed E-state index contributed by atoms with van der Waals surface area (Å²) in [7, 11) is 0. The molecule has 0 unspecified atom stereocenters. The third-order valence-corrected chi connectivity index (χ3v) is 3.04. The van der Waals surface area contributed by atoms with Crippen LogP contribution in [0.1, 0.15) is 15.9 Å². The van der Waals surface area contributed by atoms with Gasteiger partial charge in [-0.3, -0.25) is 0 Å². The SMILES string of the molecule is Cc1ccc(-c2cc(F)ccc2Cl)cc1C(=O)O. The largest absolute Gasteiger partial charge is 0.478 e. The van der Waals surface area contributed by atoms with E-state index in [9.17, 15) is 9.18 Å². The van der Waals surface area contributed by atoms with Crippen LogP contribution in [0.5, 0.6) is 0 Å². The Kier molecular flexibility index (Phi) is 3.34. The third-order valence-electron chi connectivity index (χ3n) is 2.71. The zero-order chi connectivity index (χ0) is 13.3. The lowest BCUT2D eigenvalue weighted by molar-refractivity contribution is 0.0696. The van der Waals surface area contributed by atoms with E-state index in [-0.39, 0.29) is 5.56 Å². The van der Waals surface area contributed by atoms with Crippen molar-refractivity contribution in [1.82, 2.24) is 0 Å². The van der Waals surface area contributed by atoms with Crippen LogP contribution in [0.4, 0.5) is 4.39 Å². The van der Waals surface area contributed by atoms with Crippen LogP contribution >= 0.6 is 11.6 Å². The van der Waals surface area contributed by atoms with Gasteiger partial charge in [-0.2, -0.15) is 0 Å². The molecular formula is C14H10ClFO2. The molecule has 2 aromatic rings. The van der Waals surface area contributed by atoms with E-state index in [0.717, 1.165) is 0 Å². The van der Waals surface area contributed by atoms with Gasteiger partial charge < -0.3 is 5.11 Å². The van der Waals surface area contributed by atoms with Gasteiger partial charge in [0.25, 0.3) is 0 Å². The van der Waals surface area contributed by atoms with E-state index in [1.165, 1.54) is 24.3 Å².